The fourth-order valence-corrected chi connectivity index (χ4v) is 3.84. The number of carbonyl (C=O) groups excluding carboxylic acids is 1. The van der Waals surface area contributed by atoms with Crippen molar-refractivity contribution >= 4 is 16.9 Å². The van der Waals surface area contributed by atoms with E-state index in [9.17, 15) is 4.79 Å². The minimum absolute atomic E-state index is 0.0399. The van der Waals surface area contributed by atoms with E-state index in [2.05, 4.69) is 54.1 Å². The normalized spacial score (nSPS) is 11.2. The van der Waals surface area contributed by atoms with Gasteiger partial charge in [-0.3, -0.25) is 4.79 Å². The Balaban J connectivity index is 1.46. The van der Waals surface area contributed by atoms with Crippen molar-refractivity contribution in [2.24, 2.45) is 0 Å². The first-order valence-electron chi connectivity index (χ1n) is 10.9. The maximum absolute atomic E-state index is 12.3. The predicted molar refractivity (Wildman–Crippen MR) is 126 cm³/mol. The lowest BCUT2D eigenvalue weighted by molar-refractivity contribution is -0.120. The van der Waals surface area contributed by atoms with Crippen LogP contribution < -0.4 is 5.32 Å². The topological polar surface area (TPSA) is 46.9 Å². The lowest BCUT2D eigenvalue weighted by atomic mass is 10.0. The Morgan fingerprint density at radius 1 is 0.903 bits per heavy atom. The molecule has 0 atom stereocenters. The molecule has 0 radical (unpaired) electrons. The highest BCUT2D eigenvalue weighted by Crippen LogP contribution is 2.20. The lowest BCUT2D eigenvalue weighted by Crippen LogP contribution is -2.28. The maximum atomic E-state index is 12.3. The van der Waals surface area contributed by atoms with Gasteiger partial charge in [-0.05, 0) is 34.7 Å². The monoisotopic (exact) mass is 411 g/mol. The van der Waals surface area contributed by atoms with E-state index >= 15 is 0 Å². The lowest BCUT2D eigenvalue weighted by Gasteiger charge is -2.12. The number of rotatable bonds is 8. The second-order valence-electron chi connectivity index (χ2n) is 8.26. The average molecular weight is 412 g/mol. The molecule has 1 N–H and O–H groups in total. The molecule has 0 aliphatic heterocycles. The van der Waals surface area contributed by atoms with Crippen LogP contribution in [-0.4, -0.2) is 22.0 Å². The van der Waals surface area contributed by atoms with Gasteiger partial charge < -0.3 is 9.88 Å². The molecule has 0 bridgehead atoms. The first-order chi connectivity index (χ1) is 15.1. The average Bonchev–Trinajstić information content (AvgIpc) is 3.12. The van der Waals surface area contributed by atoms with E-state index in [0.29, 0.717) is 25.3 Å². The number of benzene rings is 3. The molecule has 31 heavy (non-hydrogen) atoms. The van der Waals surface area contributed by atoms with Crippen molar-refractivity contribution in [1.29, 1.82) is 0 Å². The molecule has 4 aromatic rings. The highest BCUT2D eigenvalue weighted by Gasteiger charge is 2.12. The van der Waals surface area contributed by atoms with Crippen LogP contribution in [0, 0.1) is 0 Å². The molecule has 4 nitrogen and oxygen atoms in total. The van der Waals surface area contributed by atoms with Gasteiger partial charge in [0, 0.05) is 19.5 Å². The third kappa shape index (κ3) is 5.21. The Hall–Kier alpha value is -3.40. The van der Waals surface area contributed by atoms with Crippen LogP contribution in [0.1, 0.15) is 42.3 Å². The Morgan fingerprint density at radius 3 is 2.35 bits per heavy atom. The maximum Gasteiger partial charge on any atom is 0.224 e. The molecule has 0 unspecified atom stereocenters. The molecule has 158 valence electrons. The predicted octanol–water partition coefficient (Wildman–Crippen LogP) is 5.11. The van der Waals surface area contributed by atoms with Gasteiger partial charge in [0.15, 0.2) is 0 Å². The zero-order chi connectivity index (χ0) is 21.6. The van der Waals surface area contributed by atoms with E-state index in [1.165, 1.54) is 11.1 Å². The summed E-state index contributed by atoms with van der Waals surface area (Å²) >= 11 is 0. The van der Waals surface area contributed by atoms with E-state index in [-0.39, 0.29) is 5.91 Å². The number of nitrogens with one attached hydrogen (secondary N) is 1. The second-order valence-corrected chi connectivity index (χ2v) is 8.26. The fraction of sp³-hybridized carbons (Fsp3) is 0.259. The molecule has 0 aliphatic carbocycles. The van der Waals surface area contributed by atoms with Crippen LogP contribution in [0.4, 0.5) is 0 Å². The van der Waals surface area contributed by atoms with Crippen molar-refractivity contribution in [3.63, 3.8) is 0 Å². The smallest absolute Gasteiger partial charge is 0.224 e. The molecule has 3 aromatic carbocycles. The number of aromatic nitrogens is 2. The summed E-state index contributed by atoms with van der Waals surface area (Å²) in [5, 5.41) is 3.04. The number of hydrogen-bond acceptors (Lipinski definition) is 2. The molecule has 0 aliphatic rings. The Morgan fingerprint density at radius 2 is 1.61 bits per heavy atom. The van der Waals surface area contributed by atoms with E-state index in [4.69, 9.17) is 4.98 Å². The summed E-state index contributed by atoms with van der Waals surface area (Å²) in [4.78, 5) is 17.1. The van der Waals surface area contributed by atoms with Gasteiger partial charge in [0.05, 0.1) is 17.5 Å². The number of fused-ring (bicyclic) bond motifs is 1. The minimum Gasteiger partial charge on any atom is -0.355 e. The molecule has 1 amide bonds. The van der Waals surface area contributed by atoms with Crippen molar-refractivity contribution in [2.45, 2.75) is 39.2 Å². The standard InChI is InChI=1S/C27H29N3O/c1-20(2)23-14-12-22(13-15-23)19-30-25-11-7-6-10-24(25)29-26(30)16-17-28-27(31)18-21-8-4-3-5-9-21/h3-15,20H,16-19H2,1-2H3,(H,28,31). The van der Waals surface area contributed by atoms with Crippen LogP contribution in [0.15, 0.2) is 78.9 Å². The van der Waals surface area contributed by atoms with Crippen molar-refractivity contribution < 1.29 is 4.79 Å². The van der Waals surface area contributed by atoms with E-state index in [1.807, 2.05) is 48.5 Å². The van der Waals surface area contributed by atoms with Crippen LogP contribution in [0.2, 0.25) is 0 Å². The zero-order valence-corrected chi connectivity index (χ0v) is 18.2. The van der Waals surface area contributed by atoms with Crippen molar-refractivity contribution in [3.8, 4) is 0 Å². The highest BCUT2D eigenvalue weighted by molar-refractivity contribution is 5.78. The minimum atomic E-state index is 0.0399. The third-order valence-electron chi connectivity index (χ3n) is 5.60. The number of para-hydroxylation sites is 2. The van der Waals surface area contributed by atoms with Crippen LogP contribution in [-0.2, 0) is 24.2 Å². The Kier molecular flexibility index (Phi) is 6.46. The molecule has 4 heteroatoms. The summed E-state index contributed by atoms with van der Waals surface area (Å²) in [7, 11) is 0. The van der Waals surface area contributed by atoms with Crippen molar-refractivity contribution in [2.75, 3.05) is 6.54 Å². The number of nitrogens with zero attached hydrogens (tertiary/aromatic N) is 2. The number of amides is 1. The second kappa shape index (κ2) is 9.61. The Labute approximate surface area is 183 Å². The summed E-state index contributed by atoms with van der Waals surface area (Å²) in [5.74, 6) is 1.56. The summed E-state index contributed by atoms with van der Waals surface area (Å²) < 4.78 is 2.27. The first kappa shape index (κ1) is 20.9. The van der Waals surface area contributed by atoms with Crippen molar-refractivity contribution in [1.82, 2.24) is 14.9 Å². The molecule has 0 fully saturated rings. The molecule has 4 rings (SSSR count). The number of carbonyl (C=O) groups is 1. The van der Waals surface area contributed by atoms with Crippen LogP contribution in [0.5, 0.6) is 0 Å². The first-order valence-corrected chi connectivity index (χ1v) is 10.9. The SMILES string of the molecule is CC(C)c1ccc(Cn2c(CCNC(=O)Cc3ccccc3)nc3ccccc32)cc1. The fourth-order valence-electron chi connectivity index (χ4n) is 3.84. The summed E-state index contributed by atoms with van der Waals surface area (Å²) in [6.07, 6.45) is 1.10. The molecule has 0 saturated heterocycles. The molecular formula is C27H29N3O. The third-order valence-corrected chi connectivity index (χ3v) is 5.60. The summed E-state index contributed by atoms with van der Waals surface area (Å²) in [6.45, 7) is 5.76. The summed E-state index contributed by atoms with van der Waals surface area (Å²) in [5.41, 5.74) is 5.74. The highest BCUT2D eigenvalue weighted by atomic mass is 16.1. The quantitative estimate of drug-likeness (QED) is 0.438. The van der Waals surface area contributed by atoms with Crippen LogP contribution in [0.3, 0.4) is 0 Å². The van der Waals surface area contributed by atoms with Gasteiger partial charge in [0.1, 0.15) is 5.82 Å². The molecule has 0 saturated carbocycles. The largest absolute Gasteiger partial charge is 0.355 e. The number of imidazole rings is 1. The Bertz CT molecular complexity index is 1140. The van der Waals surface area contributed by atoms with Crippen LogP contribution in [0.25, 0.3) is 11.0 Å². The summed E-state index contributed by atoms with van der Waals surface area (Å²) in [6, 6.07) is 26.9. The van der Waals surface area contributed by atoms with Gasteiger partial charge in [-0.25, -0.2) is 4.98 Å². The molecular weight excluding hydrogens is 382 g/mol. The van der Waals surface area contributed by atoms with E-state index < -0.39 is 0 Å². The van der Waals surface area contributed by atoms with Gasteiger partial charge in [-0.15, -0.1) is 0 Å². The van der Waals surface area contributed by atoms with Crippen molar-refractivity contribution in [3.05, 3.63) is 101 Å². The van der Waals surface area contributed by atoms with Gasteiger partial charge >= 0.3 is 0 Å². The molecule has 1 heterocycles. The molecule has 1 aromatic heterocycles. The van der Waals surface area contributed by atoms with Gasteiger partial charge in [-0.2, -0.15) is 0 Å². The zero-order valence-electron chi connectivity index (χ0n) is 18.2. The van der Waals surface area contributed by atoms with Gasteiger partial charge in [0.2, 0.25) is 5.91 Å². The van der Waals surface area contributed by atoms with E-state index in [1.54, 1.807) is 0 Å². The number of hydrogen-bond donors (Lipinski definition) is 1. The van der Waals surface area contributed by atoms with Crippen LogP contribution >= 0.6 is 0 Å². The van der Waals surface area contributed by atoms with E-state index in [0.717, 1.165) is 29.0 Å². The van der Waals surface area contributed by atoms with Gasteiger partial charge in [-0.1, -0.05) is 80.6 Å². The van der Waals surface area contributed by atoms with Gasteiger partial charge in [0.25, 0.3) is 0 Å². The molecule has 0 spiro atoms.